The third kappa shape index (κ3) is 12.0. The molecule has 0 aliphatic rings. The van der Waals surface area contributed by atoms with Gasteiger partial charge in [0.1, 0.15) is 11.4 Å². The predicted molar refractivity (Wildman–Crippen MR) is 166 cm³/mol. The van der Waals surface area contributed by atoms with E-state index >= 15 is 0 Å². The number of hydrogen-bond donors (Lipinski definition) is 2. The Labute approximate surface area is 253 Å². The second-order valence-corrected chi connectivity index (χ2v) is 13.3. The van der Waals surface area contributed by atoms with E-state index < -0.39 is 15.2 Å². The van der Waals surface area contributed by atoms with Crippen LogP contribution >= 0.6 is 15.2 Å². The first kappa shape index (κ1) is 36.4. The van der Waals surface area contributed by atoms with Gasteiger partial charge in [-0.05, 0) is 59.6 Å². The number of pyridine rings is 1. The molecule has 3 N–H and O–H groups in total. The van der Waals surface area contributed by atoms with E-state index in [0.717, 1.165) is 0 Å². The summed E-state index contributed by atoms with van der Waals surface area (Å²) < 4.78 is 48.3. The lowest BCUT2D eigenvalue weighted by atomic mass is 10.1. The minimum absolute atomic E-state index is 0.223. The van der Waals surface area contributed by atoms with E-state index in [1.54, 1.807) is 50.7 Å². The zero-order chi connectivity index (χ0) is 31.7. The zero-order valence-electron chi connectivity index (χ0n) is 25.6. The number of carbonyl (C=O) groups excluding carboxylic acids is 1. The summed E-state index contributed by atoms with van der Waals surface area (Å²) in [5.74, 6) is 5.37. The lowest BCUT2D eigenvalue weighted by molar-refractivity contribution is 0.0955. The Hall–Kier alpha value is -2.80. The zero-order valence-corrected chi connectivity index (χ0v) is 27.4. The highest BCUT2D eigenvalue weighted by Gasteiger charge is 2.24. The molecular weight excluding hydrogens is 598 g/mol. The number of amides is 1. The minimum Gasteiger partial charge on any atom is -0.352 e. The highest BCUT2D eigenvalue weighted by atomic mass is 31.2. The van der Waals surface area contributed by atoms with Crippen molar-refractivity contribution < 1.29 is 32.0 Å². The van der Waals surface area contributed by atoms with Crippen molar-refractivity contribution in [2.75, 3.05) is 51.8 Å². The minimum atomic E-state index is -3.16. The van der Waals surface area contributed by atoms with Gasteiger partial charge in [0.2, 0.25) is 0 Å². The van der Waals surface area contributed by atoms with Crippen molar-refractivity contribution in [3.63, 3.8) is 0 Å². The molecular formula is C26H44N8O7P2. The molecule has 0 fully saturated rings. The van der Waals surface area contributed by atoms with E-state index in [4.69, 9.17) is 23.9 Å². The summed E-state index contributed by atoms with van der Waals surface area (Å²) in [4.78, 5) is 21.7. The summed E-state index contributed by atoms with van der Waals surface area (Å²) in [6.45, 7) is 11.2. The average molecular weight is 643 g/mol. The van der Waals surface area contributed by atoms with Crippen molar-refractivity contribution in [2.45, 2.75) is 54.0 Å². The molecule has 2 aromatic rings. The van der Waals surface area contributed by atoms with Gasteiger partial charge in [-0.3, -0.25) is 23.6 Å². The van der Waals surface area contributed by atoms with Gasteiger partial charge >= 0.3 is 15.2 Å². The Morgan fingerprint density at radius 3 is 2.12 bits per heavy atom. The van der Waals surface area contributed by atoms with Gasteiger partial charge in [0.15, 0.2) is 0 Å². The van der Waals surface area contributed by atoms with Gasteiger partial charge in [0, 0.05) is 25.2 Å². The van der Waals surface area contributed by atoms with Crippen LogP contribution in [0.1, 0.15) is 63.5 Å². The number of aromatic nitrogens is 4. The first-order valence-corrected chi connectivity index (χ1v) is 17.9. The normalized spacial score (nSPS) is 12.7. The van der Waals surface area contributed by atoms with Crippen LogP contribution in [0, 0.1) is 0 Å². The number of hydrazone groups is 1. The lowest BCUT2D eigenvalue weighted by Crippen LogP contribution is -2.23. The van der Waals surface area contributed by atoms with Crippen LogP contribution in [0.4, 0.5) is 0 Å². The number of nitrogens with two attached hydrogens (primary N) is 1. The molecule has 0 saturated heterocycles. The summed E-state index contributed by atoms with van der Waals surface area (Å²) >= 11 is 0. The number of nitrogens with zero attached hydrogens (tertiary/aromatic N) is 6. The number of nitrogens with one attached hydrogen (secondary N) is 1. The van der Waals surface area contributed by atoms with Gasteiger partial charge in [0.25, 0.3) is 5.91 Å². The smallest absolute Gasteiger partial charge is 0.330 e. The highest BCUT2D eigenvalue weighted by Crippen LogP contribution is 2.49. The van der Waals surface area contributed by atoms with Crippen LogP contribution < -0.4 is 11.2 Å². The molecule has 0 spiro atoms. The van der Waals surface area contributed by atoms with Gasteiger partial charge in [0.05, 0.1) is 62.6 Å². The molecule has 0 aliphatic carbocycles. The van der Waals surface area contributed by atoms with Crippen LogP contribution in [0.5, 0.6) is 0 Å². The quantitative estimate of drug-likeness (QED) is 0.0653. The van der Waals surface area contributed by atoms with E-state index in [0.29, 0.717) is 68.3 Å². The van der Waals surface area contributed by atoms with E-state index in [1.165, 1.54) is 6.21 Å². The Balaban J connectivity index is 2.22. The molecule has 0 saturated carbocycles. The Morgan fingerprint density at radius 2 is 1.56 bits per heavy atom. The summed E-state index contributed by atoms with van der Waals surface area (Å²) in [5, 5.41) is 15.0. The van der Waals surface area contributed by atoms with Gasteiger partial charge in [-0.1, -0.05) is 5.21 Å². The Kier molecular flexibility index (Phi) is 15.9. The van der Waals surface area contributed by atoms with Crippen molar-refractivity contribution in [2.24, 2.45) is 15.9 Å². The maximum Gasteiger partial charge on any atom is 0.330 e. The highest BCUT2D eigenvalue weighted by molar-refractivity contribution is 7.54. The summed E-state index contributed by atoms with van der Waals surface area (Å²) in [6.07, 6.45) is 4.54. The molecule has 15 nitrogen and oxygen atoms in total. The van der Waals surface area contributed by atoms with E-state index in [9.17, 15) is 13.9 Å². The first-order valence-electron chi connectivity index (χ1n) is 14.4. The molecule has 0 atom stereocenters. The average Bonchev–Trinajstić information content (AvgIpc) is 3.44. The van der Waals surface area contributed by atoms with Gasteiger partial charge < -0.3 is 29.3 Å². The van der Waals surface area contributed by atoms with Crippen LogP contribution in [-0.2, 0) is 33.8 Å². The fourth-order valence-electron chi connectivity index (χ4n) is 3.93. The molecule has 0 bridgehead atoms. The van der Waals surface area contributed by atoms with Crippen molar-refractivity contribution >= 4 is 33.0 Å². The lowest BCUT2D eigenvalue weighted by Gasteiger charge is -2.16. The SMILES string of the molecule is CCNC(=O)c1cc(/C(C=NCCCP(=O)(OCC)OCC)=N/N)nc(-c2cn(CCCP(=O)(OCC)OCC)nn2)c1. The topological polar surface area (TPSA) is 194 Å². The number of rotatable bonds is 21. The number of hydrogen-bond acceptors (Lipinski definition) is 13. The summed E-state index contributed by atoms with van der Waals surface area (Å²) in [6, 6.07) is 3.17. The molecule has 2 heterocycles. The first-order chi connectivity index (χ1) is 20.7. The molecule has 43 heavy (non-hydrogen) atoms. The predicted octanol–water partition coefficient (Wildman–Crippen LogP) is 4.14. The third-order valence-electron chi connectivity index (χ3n) is 5.68. The maximum atomic E-state index is 12.8. The standard InChI is InChI=1S/C26H44N8O7P2/c1-6-29-26(35)21-17-22(24(31-27)19-28-13-11-15-42(36,38-7-2)39-8-3)30-23(18-21)25-20-34(33-32-25)14-12-16-43(37,40-9-4)41-10-5/h17-20H,6-16,27H2,1-5H3,(H,29,35)/b28-19?,31-24+. The number of carbonyl (C=O) groups is 1. The number of aliphatic imine (C=N–C) groups is 1. The van der Waals surface area contributed by atoms with Crippen LogP contribution in [0.3, 0.4) is 0 Å². The van der Waals surface area contributed by atoms with Crippen molar-refractivity contribution in [1.29, 1.82) is 0 Å². The van der Waals surface area contributed by atoms with Crippen LogP contribution in [0.2, 0.25) is 0 Å². The molecule has 2 rings (SSSR count). The van der Waals surface area contributed by atoms with Gasteiger partial charge in [-0.25, -0.2) is 4.98 Å². The second-order valence-electron chi connectivity index (χ2n) is 8.95. The van der Waals surface area contributed by atoms with Crippen LogP contribution in [0.25, 0.3) is 11.4 Å². The number of aryl methyl sites for hydroxylation is 1. The van der Waals surface area contributed by atoms with Crippen LogP contribution in [-0.4, -0.2) is 89.7 Å². The molecule has 2 aromatic heterocycles. The molecule has 240 valence electrons. The summed E-state index contributed by atoms with van der Waals surface area (Å²) in [5.41, 5.74) is 1.67. The van der Waals surface area contributed by atoms with Crippen molar-refractivity contribution in [3.05, 3.63) is 29.6 Å². The van der Waals surface area contributed by atoms with Crippen LogP contribution in [0.15, 0.2) is 28.4 Å². The molecule has 0 unspecified atom stereocenters. The third-order valence-corrected chi connectivity index (χ3v) is 10.0. The van der Waals surface area contributed by atoms with Crippen molar-refractivity contribution in [3.8, 4) is 11.4 Å². The summed E-state index contributed by atoms with van der Waals surface area (Å²) in [7, 11) is -6.32. The van der Waals surface area contributed by atoms with Gasteiger partial charge in [-0.2, -0.15) is 5.10 Å². The molecule has 0 radical (unpaired) electrons. The van der Waals surface area contributed by atoms with E-state index in [1.807, 2.05) is 6.92 Å². The molecule has 0 aliphatic heterocycles. The molecule has 1 amide bonds. The fraction of sp³-hybridized carbons (Fsp3) is 0.615. The van der Waals surface area contributed by atoms with E-state index in [2.05, 4.69) is 30.7 Å². The van der Waals surface area contributed by atoms with Crippen molar-refractivity contribution in [1.82, 2.24) is 25.3 Å². The fourth-order valence-corrected chi connectivity index (χ4v) is 7.23. The van der Waals surface area contributed by atoms with E-state index in [-0.39, 0.29) is 37.2 Å². The molecule has 0 aromatic carbocycles. The van der Waals surface area contributed by atoms with Gasteiger partial charge in [-0.15, -0.1) is 5.10 Å². The largest absolute Gasteiger partial charge is 0.352 e. The monoisotopic (exact) mass is 642 g/mol. The Morgan fingerprint density at radius 1 is 0.953 bits per heavy atom. The maximum absolute atomic E-state index is 12.8. The Bertz CT molecular complexity index is 1300. The molecule has 17 heteroatoms. The second kappa shape index (κ2) is 18.8.